The SMILES string of the molecule is CCNC(=NCC(O)c1ccc(F)cc1)N1CCN(S(=O)(=O)CCOC(C)C)CC1. The highest BCUT2D eigenvalue weighted by Crippen LogP contribution is 2.14. The molecule has 1 heterocycles. The van der Waals surface area contributed by atoms with Crippen LogP contribution in [0.3, 0.4) is 0 Å². The smallest absolute Gasteiger partial charge is 0.216 e. The number of nitrogens with zero attached hydrogens (tertiary/aromatic N) is 3. The fourth-order valence-electron chi connectivity index (χ4n) is 3.09. The number of rotatable bonds is 9. The molecule has 0 bridgehead atoms. The van der Waals surface area contributed by atoms with Crippen molar-refractivity contribution >= 4 is 16.0 Å². The zero-order valence-corrected chi connectivity index (χ0v) is 18.7. The maximum Gasteiger partial charge on any atom is 0.216 e. The summed E-state index contributed by atoms with van der Waals surface area (Å²) in [5, 5.41) is 13.5. The first kappa shape index (κ1) is 24.5. The fourth-order valence-corrected chi connectivity index (χ4v) is 4.37. The molecule has 2 rings (SSSR count). The first-order chi connectivity index (χ1) is 14.2. The minimum Gasteiger partial charge on any atom is -0.386 e. The number of benzene rings is 1. The highest BCUT2D eigenvalue weighted by atomic mass is 32.2. The van der Waals surface area contributed by atoms with Crippen molar-refractivity contribution in [2.24, 2.45) is 4.99 Å². The van der Waals surface area contributed by atoms with Crippen LogP contribution in [0, 0.1) is 5.82 Å². The van der Waals surface area contributed by atoms with Gasteiger partial charge in [-0.15, -0.1) is 0 Å². The fraction of sp³-hybridized carbons (Fsp3) is 0.650. The third-order valence-electron chi connectivity index (χ3n) is 4.73. The van der Waals surface area contributed by atoms with E-state index in [9.17, 15) is 17.9 Å². The number of piperazine rings is 1. The molecule has 1 aliphatic rings. The molecule has 10 heteroatoms. The zero-order chi connectivity index (χ0) is 22.1. The molecule has 1 aliphatic heterocycles. The summed E-state index contributed by atoms with van der Waals surface area (Å²) in [6, 6.07) is 5.68. The van der Waals surface area contributed by atoms with Crippen molar-refractivity contribution in [2.75, 3.05) is 51.6 Å². The normalized spacial score (nSPS) is 17.4. The lowest BCUT2D eigenvalue weighted by Gasteiger charge is -2.36. The van der Waals surface area contributed by atoms with Crippen molar-refractivity contribution in [2.45, 2.75) is 33.0 Å². The summed E-state index contributed by atoms with van der Waals surface area (Å²) in [5.41, 5.74) is 0.593. The van der Waals surface area contributed by atoms with Gasteiger partial charge in [-0.05, 0) is 38.5 Å². The average molecular weight is 445 g/mol. The highest BCUT2D eigenvalue weighted by Gasteiger charge is 2.28. The van der Waals surface area contributed by atoms with E-state index in [1.807, 2.05) is 25.7 Å². The molecule has 0 saturated carbocycles. The third kappa shape index (κ3) is 7.50. The summed E-state index contributed by atoms with van der Waals surface area (Å²) in [7, 11) is -3.35. The van der Waals surface area contributed by atoms with Crippen molar-refractivity contribution in [3.63, 3.8) is 0 Å². The molecule has 0 aliphatic carbocycles. The Hall–Kier alpha value is -1.75. The summed E-state index contributed by atoms with van der Waals surface area (Å²) >= 11 is 0. The molecule has 0 spiro atoms. The topological polar surface area (TPSA) is 94.5 Å². The molecule has 1 unspecified atom stereocenters. The molecule has 8 nitrogen and oxygen atoms in total. The first-order valence-corrected chi connectivity index (χ1v) is 11.9. The Bertz CT molecular complexity index is 779. The average Bonchev–Trinajstić information content (AvgIpc) is 2.71. The van der Waals surface area contributed by atoms with E-state index in [2.05, 4.69) is 10.3 Å². The van der Waals surface area contributed by atoms with Gasteiger partial charge in [0, 0.05) is 32.7 Å². The molecule has 170 valence electrons. The van der Waals surface area contributed by atoms with Crippen LogP contribution in [0.1, 0.15) is 32.4 Å². The Morgan fingerprint density at radius 2 is 1.87 bits per heavy atom. The predicted molar refractivity (Wildman–Crippen MR) is 115 cm³/mol. The lowest BCUT2D eigenvalue weighted by Crippen LogP contribution is -2.54. The number of guanidine groups is 1. The van der Waals surface area contributed by atoms with Gasteiger partial charge in [0.05, 0.1) is 31.1 Å². The Kier molecular flexibility index (Phi) is 9.47. The maximum atomic E-state index is 13.0. The minimum atomic E-state index is -3.35. The van der Waals surface area contributed by atoms with Gasteiger partial charge < -0.3 is 20.1 Å². The molecular formula is C20H33FN4O4S. The van der Waals surface area contributed by atoms with Crippen molar-refractivity contribution in [3.05, 3.63) is 35.6 Å². The van der Waals surface area contributed by atoms with E-state index >= 15 is 0 Å². The number of ether oxygens (including phenoxy) is 1. The van der Waals surface area contributed by atoms with Crippen LogP contribution in [0.4, 0.5) is 4.39 Å². The summed E-state index contributed by atoms with van der Waals surface area (Å²) < 4.78 is 44.9. The first-order valence-electron chi connectivity index (χ1n) is 10.3. The van der Waals surface area contributed by atoms with Crippen molar-refractivity contribution in [1.29, 1.82) is 0 Å². The number of sulfonamides is 1. The van der Waals surface area contributed by atoms with Gasteiger partial charge in [0.1, 0.15) is 5.82 Å². The Morgan fingerprint density at radius 3 is 2.43 bits per heavy atom. The van der Waals surface area contributed by atoms with Crippen molar-refractivity contribution in [1.82, 2.24) is 14.5 Å². The van der Waals surface area contributed by atoms with Crippen LogP contribution < -0.4 is 5.32 Å². The second-order valence-electron chi connectivity index (χ2n) is 7.38. The molecule has 1 saturated heterocycles. The number of nitrogens with one attached hydrogen (secondary N) is 1. The summed E-state index contributed by atoms with van der Waals surface area (Å²) in [5.74, 6) is 0.244. The molecule has 2 N–H and O–H groups in total. The van der Waals surface area contributed by atoms with Crippen molar-refractivity contribution in [3.8, 4) is 0 Å². The molecule has 1 aromatic carbocycles. The number of aliphatic hydroxyl groups is 1. The third-order valence-corrected chi connectivity index (χ3v) is 6.56. The number of aliphatic hydroxyl groups excluding tert-OH is 1. The standard InChI is InChI=1S/C20H33FN4O4S/c1-4-22-20(23-15-19(26)17-5-7-18(21)8-6-17)24-9-11-25(12-10-24)30(27,28)14-13-29-16(2)3/h5-8,16,19,26H,4,9-15H2,1-3H3,(H,22,23). The van der Waals surface area contributed by atoms with E-state index in [1.54, 1.807) is 0 Å². The van der Waals surface area contributed by atoms with Crippen LogP contribution in [0.25, 0.3) is 0 Å². The van der Waals surface area contributed by atoms with Crippen LogP contribution in [0.15, 0.2) is 29.3 Å². The number of aliphatic imine (C=N–C) groups is 1. The van der Waals surface area contributed by atoms with E-state index < -0.39 is 16.1 Å². The quantitative estimate of drug-likeness (QED) is 0.439. The van der Waals surface area contributed by atoms with E-state index in [4.69, 9.17) is 4.74 Å². The largest absolute Gasteiger partial charge is 0.386 e. The summed E-state index contributed by atoms with van der Waals surface area (Å²) in [6.45, 7) is 8.40. The summed E-state index contributed by atoms with van der Waals surface area (Å²) in [4.78, 5) is 6.48. The minimum absolute atomic E-state index is 0.00111. The Labute approximate surface area is 178 Å². The van der Waals surface area contributed by atoms with Gasteiger partial charge in [0.15, 0.2) is 5.96 Å². The van der Waals surface area contributed by atoms with Gasteiger partial charge in [-0.2, -0.15) is 4.31 Å². The summed E-state index contributed by atoms with van der Waals surface area (Å²) in [6.07, 6.45) is -0.844. The number of halogens is 1. The number of hydrogen-bond acceptors (Lipinski definition) is 5. The molecule has 0 aromatic heterocycles. The van der Waals surface area contributed by atoms with Gasteiger partial charge in [0.25, 0.3) is 0 Å². The van der Waals surface area contributed by atoms with Crippen LogP contribution >= 0.6 is 0 Å². The molecular weight excluding hydrogens is 411 g/mol. The van der Waals surface area contributed by atoms with Crippen LogP contribution in [-0.4, -0.2) is 86.4 Å². The predicted octanol–water partition coefficient (Wildman–Crippen LogP) is 1.20. The molecule has 0 radical (unpaired) electrons. The van der Waals surface area contributed by atoms with Crippen LogP contribution in [-0.2, 0) is 14.8 Å². The Balaban J connectivity index is 1.93. The molecule has 1 atom stereocenters. The van der Waals surface area contributed by atoms with E-state index in [0.717, 1.165) is 0 Å². The molecule has 1 aromatic rings. The van der Waals surface area contributed by atoms with Crippen LogP contribution in [0.5, 0.6) is 0 Å². The van der Waals surface area contributed by atoms with Gasteiger partial charge in [-0.1, -0.05) is 12.1 Å². The van der Waals surface area contributed by atoms with Crippen LogP contribution in [0.2, 0.25) is 0 Å². The van der Waals surface area contributed by atoms with Gasteiger partial charge in [-0.25, -0.2) is 12.8 Å². The van der Waals surface area contributed by atoms with Gasteiger partial charge >= 0.3 is 0 Å². The van der Waals surface area contributed by atoms with E-state index in [1.165, 1.54) is 28.6 Å². The second kappa shape index (κ2) is 11.6. The lowest BCUT2D eigenvalue weighted by molar-refractivity contribution is 0.0904. The highest BCUT2D eigenvalue weighted by molar-refractivity contribution is 7.89. The lowest BCUT2D eigenvalue weighted by atomic mass is 10.1. The van der Waals surface area contributed by atoms with E-state index in [0.29, 0.717) is 44.2 Å². The number of hydrogen-bond donors (Lipinski definition) is 2. The monoisotopic (exact) mass is 444 g/mol. The molecule has 30 heavy (non-hydrogen) atoms. The Morgan fingerprint density at radius 1 is 1.23 bits per heavy atom. The maximum absolute atomic E-state index is 13.0. The molecule has 1 fully saturated rings. The molecule has 0 amide bonds. The van der Waals surface area contributed by atoms with E-state index in [-0.39, 0.29) is 30.8 Å². The van der Waals surface area contributed by atoms with Crippen molar-refractivity contribution < 1.29 is 22.7 Å². The van der Waals surface area contributed by atoms with Gasteiger partial charge in [-0.3, -0.25) is 4.99 Å². The second-order valence-corrected chi connectivity index (χ2v) is 9.47. The van der Waals surface area contributed by atoms with Gasteiger partial charge in [0.2, 0.25) is 10.0 Å². The zero-order valence-electron chi connectivity index (χ0n) is 17.9.